The lowest BCUT2D eigenvalue weighted by Gasteiger charge is -2.23. The molecule has 4 heteroatoms. The first-order valence-electron chi connectivity index (χ1n) is 6.46. The molecule has 0 unspecified atom stereocenters. The van der Waals surface area contributed by atoms with E-state index in [-0.39, 0.29) is 0 Å². The van der Waals surface area contributed by atoms with Crippen molar-refractivity contribution < 1.29 is 9.47 Å². The molecule has 1 aliphatic heterocycles. The van der Waals surface area contributed by atoms with Crippen molar-refractivity contribution in [1.82, 2.24) is 5.32 Å². The second-order valence-electron chi connectivity index (χ2n) is 4.60. The second-order valence-corrected chi connectivity index (χ2v) is 5.04. The van der Waals surface area contributed by atoms with Crippen LogP contribution < -0.4 is 10.1 Å². The van der Waals surface area contributed by atoms with E-state index >= 15 is 0 Å². The van der Waals surface area contributed by atoms with Crippen LogP contribution in [0.25, 0.3) is 0 Å². The number of hydrogen-bond acceptors (Lipinski definition) is 3. The van der Waals surface area contributed by atoms with Crippen molar-refractivity contribution >= 4 is 11.6 Å². The summed E-state index contributed by atoms with van der Waals surface area (Å²) < 4.78 is 11.0. The van der Waals surface area contributed by atoms with E-state index in [1.165, 1.54) is 0 Å². The fourth-order valence-corrected chi connectivity index (χ4v) is 2.22. The maximum Gasteiger partial charge on any atom is 0.123 e. The molecule has 0 aromatic heterocycles. The van der Waals surface area contributed by atoms with E-state index in [1.807, 2.05) is 25.1 Å². The van der Waals surface area contributed by atoms with Crippen LogP contribution in [-0.2, 0) is 4.74 Å². The second kappa shape index (κ2) is 6.98. The molecule has 1 N–H and O–H groups in total. The first-order chi connectivity index (χ1) is 8.75. The van der Waals surface area contributed by atoms with Gasteiger partial charge in [-0.25, -0.2) is 0 Å². The summed E-state index contributed by atoms with van der Waals surface area (Å²) in [5.74, 6) is 0.872. The molecule has 1 aromatic carbocycles. The van der Waals surface area contributed by atoms with Crippen LogP contribution in [0.5, 0.6) is 5.75 Å². The molecule has 0 radical (unpaired) electrons. The van der Waals surface area contributed by atoms with Crippen LogP contribution in [-0.4, -0.2) is 32.4 Å². The number of halogens is 1. The van der Waals surface area contributed by atoms with Crippen molar-refractivity contribution in [3.05, 3.63) is 28.8 Å². The average molecular weight is 270 g/mol. The summed E-state index contributed by atoms with van der Waals surface area (Å²) in [5.41, 5.74) is 1.12. The molecule has 1 fully saturated rings. The molecular formula is C14H20ClNO2. The van der Waals surface area contributed by atoms with Gasteiger partial charge in [-0.05, 0) is 37.5 Å². The van der Waals surface area contributed by atoms with E-state index in [0.717, 1.165) is 43.9 Å². The maximum absolute atomic E-state index is 5.94. The van der Waals surface area contributed by atoms with Crippen molar-refractivity contribution in [2.45, 2.75) is 25.8 Å². The fraction of sp³-hybridized carbons (Fsp3) is 0.571. The van der Waals surface area contributed by atoms with E-state index in [9.17, 15) is 0 Å². The van der Waals surface area contributed by atoms with Crippen molar-refractivity contribution in [2.75, 3.05) is 26.4 Å². The van der Waals surface area contributed by atoms with Crippen LogP contribution in [0, 0.1) is 6.92 Å². The van der Waals surface area contributed by atoms with E-state index in [4.69, 9.17) is 21.1 Å². The molecular weight excluding hydrogens is 250 g/mol. The van der Waals surface area contributed by atoms with Crippen LogP contribution in [0.3, 0.4) is 0 Å². The number of ether oxygens (including phenoxy) is 2. The summed E-state index contributed by atoms with van der Waals surface area (Å²) >= 11 is 5.94. The maximum atomic E-state index is 5.94. The molecule has 3 nitrogen and oxygen atoms in total. The van der Waals surface area contributed by atoms with Crippen LogP contribution >= 0.6 is 11.6 Å². The normalized spacial score (nSPS) is 16.8. The predicted molar refractivity (Wildman–Crippen MR) is 73.5 cm³/mol. The van der Waals surface area contributed by atoms with E-state index in [1.54, 1.807) is 0 Å². The van der Waals surface area contributed by atoms with Gasteiger partial charge in [0, 0.05) is 30.8 Å². The Morgan fingerprint density at radius 2 is 2.17 bits per heavy atom. The Morgan fingerprint density at radius 3 is 2.94 bits per heavy atom. The van der Waals surface area contributed by atoms with Gasteiger partial charge in [-0.15, -0.1) is 0 Å². The molecule has 1 aromatic rings. The van der Waals surface area contributed by atoms with Crippen molar-refractivity contribution in [1.29, 1.82) is 0 Å². The number of aryl methyl sites for hydroxylation is 1. The van der Waals surface area contributed by atoms with Gasteiger partial charge in [-0.2, -0.15) is 0 Å². The predicted octanol–water partition coefficient (Wildman–Crippen LogP) is 2.80. The average Bonchev–Trinajstić information content (AvgIpc) is 2.40. The van der Waals surface area contributed by atoms with Crippen molar-refractivity contribution in [2.24, 2.45) is 0 Å². The standard InChI is InChI=1S/C14H20ClNO2/c1-11-2-3-12(15)10-14(11)18-9-6-16-13-4-7-17-8-5-13/h2-3,10,13,16H,4-9H2,1H3. The fourth-order valence-electron chi connectivity index (χ4n) is 2.06. The highest BCUT2D eigenvalue weighted by Gasteiger charge is 2.12. The molecule has 100 valence electrons. The van der Waals surface area contributed by atoms with Gasteiger partial charge < -0.3 is 14.8 Å². The van der Waals surface area contributed by atoms with Crippen molar-refractivity contribution in [3.63, 3.8) is 0 Å². The van der Waals surface area contributed by atoms with Gasteiger partial charge in [0.1, 0.15) is 12.4 Å². The Morgan fingerprint density at radius 1 is 1.39 bits per heavy atom. The summed E-state index contributed by atoms with van der Waals surface area (Å²) in [5, 5.41) is 4.20. The van der Waals surface area contributed by atoms with Crippen molar-refractivity contribution in [3.8, 4) is 5.75 Å². The number of nitrogens with one attached hydrogen (secondary N) is 1. The van der Waals surface area contributed by atoms with Gasteiger partial charge >= 0.3 is 0 Å². The Hall–Kier alpha value is -0.770. The quantitative estimate of drug-likeness (QED) is 0.834. The van der Waals surface area contributed by atoms with E-state index in [0.29, 0.717) is 17.7 Å². The van der Waals surface area contributed by atoms with Crippen LogP contribution in [0.2, 0.25) is 5.02 Å². The zero-order valence-corrected chi connectivity index (χ0v) is 11.5. The molecule has 1 heterocycles. The molecule has 0 spiro atoms. The number of hydrogen-bond donors (Lipinski definition) is 1. The number of rotatable bonds is 5. The lowest BCUT2D eigenvalue weighted by atomic mass is 10.1. The largest absolute Gasteiger partial charge is 0.492 e. The summed E-state index contributed by atoms with van der Waals surface area (Å²) in [6, 6.07) is 6.29. The third kappa shape index (κ3) is 4.16. The van der Waals surface area contributed by atoms with Gasteiger partial charge in [0.2, 0.25) is 0 Å². The Kier molecular flexibility index (Phi) is 5.29. The highest BCUT2D eigenvalue weighted by atomic mass is 35.5. The first kappa shape index (κ1) is 13.7. The Bertz CT molecular complexity index is 378. The first-order valence-corrected chi connectivity index (χ1v) is 6.83. The lowest BCUT2D eigenvalue weighted by Crippen LogP contribution is -2.37. The third-order valence-electron chi connectivity index (χ3n) is 3.16. The Balaban J connectivity index is 1.69. The zero-order chi connectivity index (χ0) is 12.8. The summed E-state index contributed by atoms with van der Waals surface area (Å²) in [6.45, 7) is 5.28. The van der Waals surface area contributed by atoms with E-state index < -0.39 is 0 Å². The smallest absolute Gasteiger partial charge is 0.123 e. The van der Waals surface area contributed by atoms with Crippen LogP contribution in [0.1, 0.15) is 18.4 Å². The molecule has 1 saturated heterocycles. The van der Waals surface area contributed by atoms with E-state index in [2.05, 4.69) is 5.32 Å². The molecule has 18 heavy (non-hydrogen) atoms. The third-order valence-corrected chi connectivity index (χ3v) is 3.40. The van der Waals surface area contributed by atoms with Gasteiger partial charge in [-0.3, -0.25) is 0 Å². The lowest BCUT2D eigenvalue weighted by molar-refractivity contribution is 0.0770. The van der Waals surface area contributed by atoms with Crippen LogP contribution in [0.15, 0.2) is 18.2 Å². The highest BCUT2D eigenvalue weighted by Crippen LogP contribution is 2.22. The van der Waals surface area contributed by atoms with Gasteiger partial charge in [0.05, 0.1) is 0 Å². The highest BCUT2D eigenvalue weighted by molar-refractivity contribution is 6.30. The SMILES string of the molecule is Cc1ccc(Cl)cc1OCCNC1CCOCC1. The molecule has 0 atom stereocenters. The van der Waals surface area contributed by atoms with Crippen LogP contribution in [0.4, 0.5) is 0 Å². The van der Waals surface area contributed by atoms with Gasteiger partial charge in [0.25, 0.3) is 0 Å². The van der Waals surface area contributed by atoms with Gasteiger partial charge in [0.15, 0.2) is 0 Å². The Labute approximate surface area is 113 Å². The molecule has 0 saturated carbocycles. The topological polar surface area (TPSA) is 30.5 Å². The summed E-state index contributed by atoms with van der Waals surface area (Å²) in [7, 11) is 0. The minimum atomic E-state index is 0.572. The molecule has 0 aliphatic carbocycles. The minimum absolute atomic E-state index is 0.572. The molecule has 0 bridgehead atoms. The number of benzene rings is 1. The summed E-state index contributed by atoms with van der Waals surface area (Å²) in [4.78, 5) is 0. The monoisotopic (exact) mass is 269 g/mol. The molecule has 2 rings (SSSR count). The molecule has 0 amide bonds. The molecule has 1 aliphatic rings. The van der Waals surface area contributed by atoms with Gasteiger partial charge in [-0.1, -0.05) is 17.7 Å². The zero-order valence-electron chi connectivity index (χ0n) is 10.7. The minimum Gasteiger partial charge on any atom is -0.492 e. The summed E-state index contributed by atoms with van der Waals surface area (Å²) in [6.07, 6.45) is 2.19.